The number of hydrogen-bond donors (Lipinski definition) is 0. The van der Waals surface area contributed by atoms with E-state index < -0.39 is 15.5 Å². The molecule has 0 amide bonds. The van der Waals surface area contributed by atoms with Gasteiger partial charge in [-0.3, -0.25) is 4.90 Å². The highest BCUT2D eigenvalue weighted by Gasteiger charge is 2.26. The van der Waals surface area contributed by atoms with Crippen LogP contribution in [-0.2, 0) is 9.84 Å². The Morgan fingerprint density at radius 2 is 1.90 bits per heavy atom. The number of benzene rings is 1. The van der Waals surface area contributed by atoms with Crippen molar-refractivity contribution >= 4 is 20.7 Å². The zero-order chi connectivity index (χ0) is 22.2. The highest BCUT2D eigenvalue weighted by atomic mass is 32.2. The lowest BCUT2D eigenvalue weighted by atomic mass is 10.0. The maximum atomic E-state index is 13.8. The standard InChI is InChI=1S/C23H28FN3O3S/c1-23(2,24)16-26-11-9-18(10-12-26)30-19-4-7-22(25-15-19)27-13-8-17-14-20(31(3,28)29)5-6-21(17)27/h4-8,13-15,18H,9-12,16H2,1-3H3. The molecular weight excluding hydrogens is 417 g/mol. The number of ether oxygens (including phenoxy) is 1. The van der Waals surface area contributed by atoms with Crippen molar-refractivity contribution in [3.8, 4) is 11.6 Å². The Morgan fingerprint density at radius 1 is 1.16 bits per heavy atom. The maximum Gasteiger partial charge on any atom is 0.175 e. The predicted octanol–water partition coefficient (Wildman–Crippen LogP) is 4.02. The molecule has 1 fully saturated rings. The van der Waals surface area contributed by atoms with Crippen molar-refractivity contribution in [2.45, 2.75) is 43.4 Å². The maximum absolute atomic E-state index is 13.8. The van der Waals surface area contributed by atoms with E-state index in [1.807, 2.05) is 29.0 Å². The van der Waals surface area contributed by atoms with Crippen LogP contribution in [0.3, 0.4) is 0 Å². The Bertz CT molecular complexity index is 1160. The molecule has 4 rings (SSSR count). The lowest BCUT2D eigenvalue weighted by molar-refractivity contribution is 0.0627. The summed E-state index contributed by atoms with van der Waals surface area (Å²) in [5.41, 5.74) is -0.292. The highest BCUT2D eigenvalue weighted by Crippen LogP contribution is 2.25. The molecule has 8 heteroatoms. The topological polar surface area (TPSA) is 64.4 Å². The van der Waals surface area contributed by atoms with Gasteiger partial charge in [-0.25, -0.2) is 17.8 Å². The van der Waals surface area contributed by atoms with Crippen molar-refractivity contribution in [1.82, 2.24) is 14.5 Å². The van der Waals surface area contributed by atoms with Crippen molar-refractivity contribution in [2.75, 3.05) is 25.9 Å². The number of aromatic nitrogens is 2. The van der Waals surface area contributed by atoms with Crippen LogP contribution in [0, 0.1) is 0 Å². The van der Waals surface area contributed by atoms with Crippen molar-refractivity contribution in [2.24, 2.45) is 0 Å². The molecule has 0 atom stereocenters. The van der Waals surface area contributed by atoms with Gasteiger partial charge in [0.05, 0.1) is 16.6 Å². The Hall–Kier alpha value is -2.45. The first kappa shape index (κ1) is 21.8. The Balaban J connectivity index is 1.42. The van der Waals surface area contributed by atoms with Gasteiger partial charge in [0.15, 0.2) is 9.84 Å². The van der Waals surface area contributed by atoms with Crippen LogP contribution < -0.4 is 4.74 Å². The van der Waals surface area contributed by atoms with Gasteiger partial charge in [-0.2, -0.15) is 0 Å². The molecule has 0 unspecified atom stereocenters. The normalized spacial score (nSPS) is 16.6. The van der Waals surface area contributed by atoms with E-state index in [9.17, 15) is 12.8 Å². The minimum atomic E-state index is -3.25. The third kappa shape index (κ3) is 5.25. The van der Waals surface area contributed by atoms with Gasteiger partial charge in [-0.05, 0) is 63.1 Å². The van der Waals surface area contributed by atoms with E-state index in [0.29, 0.717) is 17.2 Å². The second kappa shape index (κ2) is 8.24. The second-order valence-electron chi connectivity index (χ2n) is 8.84. The number of hydrogen-bond acceptors (Lipinski definition) is 5. The van der Waals surface area contributed by atoms with Gasteiger partial charge < -0.3 is 9.30 Å². The van der Waals surface area contributed by atoms with Gasteiger partial charge in [0.1, 0.15) is 23.3 Å². The quantitative estimate of drug-likeness (QED) is 0.573. The fraction of sp³-hybridized carbons (Fsp3) is 0.435. The lowest BCUT2D eigenvalue weighted by Gasteiger charge is -2.34. The average molecular weight is 446 g/mol. The molecular formula is C23H28FN3O3S. The summed E-state index contributed by atoms with van der Waals surface area (Å²) >= 11 is 0. The van der Waals surface area contributed by atoms with Gasteiger partial charge in [-0.15, -0.1) is 0 Å². The minimum Gasteiger partial charge on any atom is -0.489 e. The van der Waals surface area contributed by atoms with Crippen LogP contribution in [-0.4, -0.2) is 60.5 Å². The predicted molar refractivity (Wildman–Crippen MR) is 119 cm³/mol. The van der Waals surface area contributed by atoms with Crippen LogP contribution in [0.2, 0.25) is 0 Å². The fourth-order valence-corrected chi connectivity index (χ4v) is 4.70. The number of nitrogens with zero attached hydrogens (tertiary/aromatic N) is 3. The first-order valence-corrected chi connectivity index (χ1v) is 12.3. The number of likely N-dealkylation sites (tertiary alicyclic amines) is 1. The van der Waals surface area contributed by atoms with E-state index in [2.05, 4.69) is 9.88 Å². The van der Waals surface area contributed by atoms with E-state index in [1.165, 1.54) is 6.26 Å². The molecule has 1 aliphatic heterocycles. The number of alkyl halides is 1. The SMILES string of the molecule is CC(C)(F)CN1CCC(Oc2ccc(-n3ccc4cc(S(C)(=O)=O)ccc43)nc2)CC1. The van der Waals surface area contributed by atoms with Gasteiger partial charge in [0, 0.05) is 37.5 Å². The van der Waals surface area contributed by atoms with Gasteiger partial charge in [0.25, 0.3) is 0 Å². The monoisotopic (exact) mass is 445 g/mol. The second-order valence-corrected chi connectivity index (χ2v) is 10.9. The molecule has 3 heterocycles. The zero-order valence-electron chi connectivity index (χ0n) is 18.1. The third-order valence-corrected chi connectivity index (χ3v) is 6.60. The molecule has 1 aromatic carbocycles. The summed E-state index contributed by atoms with van der Waals surface area (Å²) in [7, 11) is -3.25. The van der Waals surface area contributed by atoms with E-state index >= 15 is 0 Å². The summed E-state index contributed by atoms with van der Waals surface area (Å²) in [5, 5.41) is 0.841. The number of pyridine rings is 1. The minimum absolute atomic E-state index is 0.105. The molecule has 1 aliphatic rings. The summed E-state index contributed by atoms with van der Waals surface area (Å²) in [4.78, 5) is 6.98. The zero-order valence-corrected chi connectivity index (χ0v) is 18.9. The molecule has 0 aliphatic carbocycles. The van der Waals surface area contributed by atoms with Gasteiger partial charge >= 0.3 is 0 Å². The molecule has 0 N–H and O–H groups in total. The molecule has 0 spiro atoms. The molecule has 6 nitrogen and oxygen atoms in total. The van der Waals surface area contributed by atoms with E-state index in [-0.39, 0.29) is 6.10 Å². The van der Waals surface area contributed by atoms with E-state index in [1.54, 1.807) is 38.2 Å². The average Bonchev–Trinajstić information content (AvgIpc) is 3.12. The molecule has 1 saturated heterocycles. The van der Waals surface area contributed by atoms with Crippen LogP contribution in [0.5, 0.6) is 5.75 Å². The number of piperidine rings is 1. The molecule has 0 radical (unpaired) electrons. The summed E-state index contributed by atoms with van der Waals surface area (Å²) in [6, 6.07) is 10.8. The summed E-state index contributed by atoms with van der Waals surface area (Å²) in [6.45, 7) is 5.33. The van der Waals surface area contributed by atoms with Crippen molar-refractivity contribution in [1.29, 1.82) is 0 Å². The number of fused-ring (bicyclic) bond motifs is 1. The highest BCUT2D eigenvalue weighted by molar-refractivity contribution is 7.90. The molecule has 0 bridgehead atoms. The third-order valence-electron chi connectivity index (χ3n) is 5.49. The summed E-state index contributed by atoms with van der Waals surface area (Å²) in [5.74, 6) is 1.44. The van der Waals surface area contributed by atoms with E-state index in [0.717, 1.165) is 42.7 Å². The Labute approximate surface area is 182 Å². The molecule has 3 aromatic rings. The fourth-order valence-electron chi connectivity index (χ4n) is 4.05. The van der Waals surface area contributed by atoms with Crippen LogP contribution in [0.4, 0.5) is 4.39 Å². The summed E-state index contributed by atoms with van der Waals surface area (Å²) in [6.07, 6.45) is 6.63. The van der Waals surface area contributed by atoms with Crippen LogP contribution in [0.1, 0.15) is 26.7 Å². The molecule has 0 saturated carbocycles. The van der Waals surface area contributed by atoms with Gasteiger partial charge in [-0.1, -0.05) is 0 Å². The van der Waals surface area contributed by atoms with Gasteiger partial charge in [0.2, 0.25) is 0 Å². The lowest BCUT2D eigenvalue weighted by Crippen LogP contribution is -2.43. The smallest absolute Gasteiger partial charge is 0.175 e. The molecule has 166 valence electrons. The number of halogens is 1. The summed E-state index contributed by atoms with van der Waals surface area (Å²) < 4.78 is 45.4. The Kier molecular flexibility index (Phi) is 5.79. The number of rotatable bonds is 6. The van der Waals surface area contributed by atoms with Crippen molar-refractivity contribution in [3.05, 3.63) is 48.8 Å². The first-order valence-electron chi connectivity index (χ1n) is 10.4. The first-order chi connectivity index (χ1) is 14.6. The Morgan fingerprint density at radius 3 is 2.52 bits per heavy atom. The van der Waals surface area contributed by atoms with Crippen molar-refractivity contribution < 1.29 is 17.5 Å². The van der Waals surface area contributed by atoms with Crippen LogP contribution in [0.25, 0.3) is 16.7 Å². The van der Waals surface area contributed by atoms with Crippen LogP contribution >= 0.6 is 0 Å². The number of sulfone groups is 1. The molecule has 31 heavy (non-hydrogen) atoms. The van der Waals surface area contributed by atoms with Crippen LogP contribution in [0.15, 0.2) is 53.7 Å². The molecule has 2 aromatic heterocycles. The van der Waals surface area contributed by atoms with Crippen molar-refractivity contribution in [3.63, 3.8) is 0 Å². The van der Waals surface area contributed by atoms with E-state index in [4.69, 9.17) is 4.74 Å². The largest absolute Gasteiger partial charge is 0.489 e.